The zero-order valence-electron chi connectivity index (χ0n) is 7.56. The Labute approximate surface area is 81.6 Å². The van der Waals surface area contributed by atoms with Gasteiger partial charge in [-0.15, -0.1) is 0 Å². The van der Waals surface area contributed by atoms with Crippen LogP contribution in [0.4, 0.5) is 0 Å². The van der Waals surface area contributed by atoms with Gasteiger partial charge in [-0.05, 0) is 12.1 Å². The highest BCUT2D eigenvalue weighted by atomic mass is 16.5. The Morgan fingerprint density at radius 1 is 1.36 bits per heavy atom. The zero-order valence-corrected chi connectivity index (χ0v) is 7.56. The van der Waals surface area contributed by atoms with Crippen LogP contribution in [-0.2, 0) is 0 Å². The van der Waals surface area contributed by atoms with Gasteiger partial charge in [-0.25, -0.2) is 0 Å². The molecule has 0 spiro atoms. The summed E-state index contributed by atoms with van der Waals surface area (Å²) in [6.07, 6.45) is 1.32. The number of hydrogen-bond acceptors (Lipinski definition) is 3. The van der Waals surface area contributed by atoms with Crippen LogP contribution in [0.1, 0.15) is 16.8 Å². The molecule has 0 fully saturated rings. The fourth-order valence-electron chi connectivity index (χ4n) is 1.46. The van der Waals surface area contributed by atoms with Crippen LogP contribution in [0.2, 0.25) is 0 Å². The molecule has 0 radical (unpaired) electrons. The number of para-hydroxylation sites is 1. The molecule has 0 aromatic heterocycles. The Morgan fingerprint density at radius 3 is 2.93 bits per heavy atom. The van der Waals surface area contributed by atoms with Crippen LogP contribution < -0.4 is 4.74 Å². The molecule has 1 heterocycles. The molecule has 1 aliphatic heterocycles. The molecule has 3 heteroatoms. The number of aliphatic hydroxyl groups is 1. The number of Topliss-reactive ketones (excluding diaryl/α,β-unsaturated/α-hetero) is 1. The largest absolute Gasteiger partial charge is 0.515 e. The van der Waals surface area contributed by atoms with Gasteiger partial charge in [0.15, 0.2) is 5.78 Å². The van der Waals surface area contributed by atoms with E-state index in [0.717, 1.165) is 6.26 Å². The minimum absolute atomic E-state index is 0.152. The van der Waals surface area contributed by atoms with Crippen LogP contribution in [0.25, 0.3) is 0 Å². The summed E-state index contributed by atoms with van der Waals surface area (Å²) in [7, 11) is 0. The van der Waals surface area contributed by atoms with Crippen molar-refractivity contribution in [3.05, 3.63) is 41.7 Å². The molecule has 3 nitrogen and oxygen atoms in total. The highest BCUT2D eigenvalue weighted by Crippen LogP contribution is 2.25. The van der Waals surface area contributed by atoms with Crippen LogP contribution in [0, 0.1) is 0 Å². The first-order valence-corrected chi connectivity index (χ1v) is 4.42. The predicted octanol–water partition coefficient (Wildman–Crippen LogP) is 2.09. The Balaban J connectivity index is 2.50. The van der Waals surface area contributed by atoms with E-state index < -0.39 is 0 Å². The average Bonchev–Trinajstić information content (AvgIpc) is 2.39. The van der Waals surface area contributed by atoms with Crippen molar-refractivity contribution in [2.24, 2.45) is 0 Å². The average molecular weight is 190 g/mol. The van der Waals surface area contributed by atoms with Crippen molar-refractivity contribution in [1.82, 2.24) is 0 Å². The molecule has 0 bridgehead atoms. The van der Waals surface area contributed by atoms with E-state index in [2.05, 4.69) is 0 Å². The molecule has 1 N–H and O–H groups in total. The highest BCUT2D eigenvalue weighted by molar-refractivity contribution is 6.10. The molecule has 2 rings (SSSR count). The monoisotopic (exact) mass is 190 g/mol. The number of ether oxygens (including phenoxy) is 1. The highest BCUT2D eigenvalue weighted by Gasteiger charge is 2.20. The van der Waals surface area contributed by atoms with E-state index in [0.29, 0.717) is 29.9 Å². The van der Waals surface area contributed by atoms with E-state index in [9.17, 15) is 4.79 Å². The van der Waals surface area contributed by atoms with Gasteiger partial charge < -0.3 is 9.84 Å². The first-order chi connectivity index (χ1) is 6.83. The van der Waals surface area contributed by atoms with Crippen LogP contribution >= 0.6 is 0 Å². The molecule has 14 heavy (non-hydrogen) atoms. The molecular weight excluding hydrogens is 180 g/mol. The summed E-state index contributed by atoms with van der Waals surface area (Å²) >= 11 is 0. The third-order valence-electron chi connectivity index (χ3n) is 2.21. The van der Waals surface area contributed by atoms with Crippen LogP contribution in [0.15, 0.2) is 36.1 Å². The molecule has 1 aromatic rings. The molecular formula is C11H10O3. The van der Waals surface area contributed by atoms with Crippen molar-refractivity contribution in [1.29, 1.82) is 0 Å². The fourth-order valence-corrected chi connectivity index (χ4v) is 1.46. The normalized spacial score (nSPS) is 18.6. The molecule has 0 aliphatic carbocycles. The van der Waals surface area contributed by atoms with Crippen LogP contribution in [-0.4, -0.2) is 17.5 Å². The fraction of sp³-hybridized carbons (Fsp3) is 0.182. The number of benzene rings is 1. The van der Waals surface area contributed by atoms with Gasteiger partial charge in [0.1, 0.15) is 5.75 Å². The van der Waals surface area contributed by atoms with Crippen molar-refractivity contribution in [2.45, 2.75) is 6.42 Å². The molecule has 0 amide bonds. The van der Waals surface area contributed by atoms with Gasteiger partial charge in [0.2, 0.25) is 0 Å². The van der Waals surface area contributed by atoms with Gasteiger partial charge in [0.25, 0.3) is 0 Å². The second kappa shape index (κ2) is 3.54. The number of fused-ring (bicyclic) bond motifs is 1. The van der Waals surface area contributed by atoms with E-state index in [4.69, 9.17) is 9.84 Å². The quantitative estimate of drug-likeness (QED) is 0.503. The summed E-state index contributed by atoms with van der Waals surface area (Å²) in [4.78, 5) is 11.8. The predicted molar refractivity (Wildman–Crippen MR) is 51.6 cm³/mol. The Hall–Kier alpha value is -1.77. The maximum atomic E-state index is 11.8. The minimum Gasteiger partial charge on any atom is -0.515 e. The summed E-state index contributed by atoms with van der Waals surface area (Å²) in [5.41, 5.74) is 0.917. The maximum Gasteiger partial charge on any atom is 0.195 e. The van der Waals surface area contributed by atoms with Crippen molar-refractivity contribution in [2.75, 3.05) is 6.61 Å². The number of hydrogen-bond donors (Lipinski definition) is 1. The van der Waals surface area contributed by atoms with Gasteiger partial charge >= 0.3 is 0 Å². The number of aliphatic hydroxyl groups excluding tert-OH is 1. The molecule has 0 saturated heterocycles. The molecule has 0 atom stereocenters. The van der Waals surface area contributed by atoms with E-state index >= 15 is 0 Å². The molecule has 0 unspecified atom stereocenters. The van der Waals surface area contributed by atoms with Gasteiger partial charge in [-0.3, -0.25) is 4.79 Å². The lowest BCUT2D eigenvalue weighted by molar-refractivity contribution is 0.103. The molecule has 0 saturated carbocycles. The van der Waals surface area contributed by atoms with Crippen molar-refractivity contribution < 1.29 is 14.6 Å². The van der Waals surface area contributed by atoms with Gasteiger partial charge in [-0.1, -0.05) is 12.1 Å². The molecule has 1 aliphatic rings. The third-order valence-corrected chi connectivity index (χ3v) is 2.21. The summed E-state index contributed by atoms with van der Waals surface area (Å²) in [5, 5.41) is 8.87. The SMILES string of the molecule is O=C1C(=CO)CCOc2ccccc21. The number of carbonyl (C=O) groups excluding carboxylic acids is 1. The van der Waals surface area contributed by atoms with Crippen LogP contribution in [0.3, 0.4) is 0 Å². The van der Waals surface area contributed by atoms with Gasteiger partial charge in [0, 0.05) is 12.0 Å². The summed E-state index contributed by atoms with van der Waals surface area (Å²) < 4.78 is 5.38. The topological polar surface area (TPSA) is 46.5 Å². The second-order valence-corrected chi connectivity index (χ2v) is 3.08. The van der Waals surface area contributed by atoms with E-state index in [-0.39, 0.29) is 5.78 Å². The summed E-state index contributed by atoms with van der Waals surface area (Å²) in [5.74, 6) is 0.440. The third kappa shape index (κ3) is 1.37. The lowest BCUT2D eigenvalue weighted by atomic mass is 10.0. The first kappa shape index (κ1) is 8.81. The van der Waals surface area contributed by atoms with Crippen LogP contribution in [0.5, 0.6) is 5.75 Å². The van der Waals surface area contributed by atoms with Gasteiger partial charge in [0.05, 0.1) is 18.4 Å². The zero-order chi connectivity index (χ0) is 9.97. The number of rotatable bonds is 0. The van der Waals surface area contributed by atoms with E-state index in [1.807, 2.05) is 6.07 Å². The van der Waals surface area contributed by atoms with Crippen molar-refractivity contribution in [3.63, 3.8) is 0 Å². The Bertz CT molecular complexity index is 393. The smallest absolute Gasteiger partial charge is 0.195 e. The summed E-state index contributed by atoms with van der Waals surface area (Å²) in [6.45, 7) is 0.426. The Morgan fingerprint density at radius 2 is 2.14 bits per heavy atom. The first-order valence-electron chi connectivity index (χ1n) is 4.42. The van der Waals surface area contributed by atoms with E-state index in [1.54, 1.807) is 18.2 Å². The van der Waals surface area contributed by atoms with Crippen molar-refractivity contribution >= 4 is 5.78 Å². The molecule has 1 aromatic carbocycles. The standard InChI is InChI=1S/C11H10O3/c12-7-8-5-6-14-10-4-2-1-3-9(10)11(8)13/h1-4,7,12H,5-6H2. The molecule has 72 valence electrons. The lowest BCUT2D eigenvalue weighted by Gasteiger charge is -2.03. The maximum absolute atomic E-state index is 11.8. The number of carbonyl (C=O) groups is 1. The van der Waals surface area contributed by atoms with E-state index in [1.165, 1.54) is 0 Å². The number of ketones is 1. The minimum atomic E-state index is -0.152. The van der Waals surface area contributed by atoms with Crippen molar-refractivity contribution in [3.8, 4) is 5.75 Å². The lowest BCUT2D eigenvalue weighted by Crippen LogP contribution is -2.01. The summed E-state index contributed by atoms with van der Waals surface area (Å²) in [6, 6.07) is 7.06. The van der Waals surface area contributed by atoms with Gasteiger partial charge in [-0.2, -0.15) is 0 Å². The Kier molecular flexibility index (Phi) is 2.23. The second-order valence-electron chi connectivity index (χ2n) is 3.08.